The third kappa shape index (κ3) is 5.38. The molecule has 0 amide bonds. The second kappa shape index (κ2) is 12.7. The Morgan fingerprint density at radius 1 is 0.582 bits per heavy atom. The van der Waals surface area contributed by atoms with E-state index in [1.165, 1.54) is 67.2 Å². The maximum absolute atomic E-state index is 2.50. The van der Waals surface area contributed by atoms with E-state index in [4.69, 9.17) is 0 Å². The lowest BCUT2D eigenvalue weighted by atomic mass is 9.73. The molecule has 0 radical (unpaired) electrons. The van der Waals surface area contributed by atoms with Gasteiger partial charge in [0.05, 0.1) is 6.04 Å². The maximum Gasteiger partial charge on any atom is 0.0655 e. The van der Waals surface area contributed by atoms with Crippen LogP contribution in [0.1, 0.15) is 56.4 Å². The van der Waals surface area contributed by atoms with Crippen LogP contribution < -0.4 is 9.80 Å². The Hall–Kier alpha value is -6.12. The topological polar surface area (TPSA) is 6.48 Å². The van der Waals surface area contributed by atoms with E-state index in [1.54, 1.807) is 0 Å². The predicted molar refractivity (Wildman–Crippen MR) is 233 cm³/mol. The number of hydrogen-bond donors (Lipinski definition) is 0. The molecule has 6 aromatic carbocycles. The van der Waals surface area contributed by atoms with Gasteiger partial charge in [-0.25, -0.2) is 0 Å². The molecule has 0 saturated carbocycles. The monoisotopic (exact) mass is 710 g/mol. The summed E-state index contributed by atoms with van der Waals surface area (Å²) in [5.74, 6) is 0.562. The Kier molecular flexibility index (Phi) is 7.75. The molecule has 3 atom stereocenters. The molecule has 10 rings (SSSR count). The third-order valence-corrected chi connectivity index (χ3v) is 12.7. The van der Waals surface area contributed by atoms with Crippen molar-refractivity contribution in [1.82, 2.24) is 0 Å². The summed E-state index contributed by atoms with van der Waals surface area (Å²) in [6.45, 7) is 9.51. The Balaban J connectivity index is 1.03. The molecule has 2 heteroatoms. The van der Waals surface area contributed by atoms with Crippen molar-refractivity contribution in [2.24, 2.45) is 5.92 Å². The molecule has 6 aromatic rings. The average molecular weight is 711 g/mol. The summed E-state index contributed by atoms with van der Waals surface area (Å²) >= 11 is 0. The van der Waals surface area contributed by atoms with E-state index in [-0.39, 0.29) is 16.9 Å². The number of rotatable bonds is 6. The average Bonchev–Trinajstić information content (AvgIpc) is 3.62. The summed E-state index contributed by atoms with van der Waals surface area (Å²) in [5.41, 5.74) is 17.9. The van der Waals surface area contributed by atoms with Crippen molar-refractivity contribution in [2.45, 2.75) is 51.0 Å². The van der Waals surface area contributed by atoms with Crippen molar-refractivity contribution in [1.29, 1.82) is 0 Å². The largest absolute Gasteiger partial charge is 0.333 e. The molecule has 55 heavy (non-hydrogen) atoms. The van der Waals surface area contributed by atoms with Crippen LogP contribution in [0.5, 0.6) is 0 Å². The second-order valence-electron chi connectivity index (χ2n) is 16.5. The molecule has 0 spiro atoms. The van der Waals surface area contributed by atoms with Gasteiger partial charge in [-0.15, -0.1) is 0 Å². The van der Waals surface area contributed by atoms with Crippen molar-refractivity contribution in [3.63, 3.8) is 0 Å². The summed E-state index contributed by atoms with van der Waals surface area (Å²) in [6, 6.07) is 56.0. The molecule has 0 fully saturated rings. The summed E-state index contributed by atoms with van der Waals surface area (Å²) in [5, 5.41) is 0. The number of nitrogens with zero attached hydrogens (tertiary/aromatic N) is 2. The van der Waals surface area contributed by atoms with Crippen LogP contribution in [-0.2, 0) is 10.8 Å². The lowest BCUT2D eigenvalue weighted by Crippen LogP contribution is -2.39. The van der Waals surface area contributed by atoms with Crippen LogP contribution in [0.3, 0.4) is 0 Å². The van der Waals surface area contributed by atoms with Gasteiger partial charge in [0.25, 0.3) is 0 Å². The van der Waals surface area contributed by atoms with Gasteiger partial charge in [-0.3, -0.25) is 0 Å². The van der Waals surface area contributed by atoms with Crippen LogP contribution in [0.15, 0.2) is 188 Å². The molecule has 0 saturated heterocycles. The Morgan fingerprint density at radius 2 is 1.20 bits per heavy atom. The molecule has 1 heterocycles. The maximum atomic E-state index is 2.50. The number of benzene rings is 6. The summed E-state index contributed by atoms with van der Waals surface area (Å²) < 4.78 is 0. The number of allylic oxidation sites excluding steroid dienone is 6. The lowest BCUT2D eigenvalue weighted by molar-refractivity contribution is 0.553. The third-order valence-electron chi connectivity index (χ3n) is 12.7. The van der Waals surface area contributed by atoms with Crippen LogP contribution >= 0.6 is 0 Å². The number of hydrogen-bond acceptors (Lipinski definition) is 2. The first-order chi connectivity index (χ1) is 26.8. The zero-order valence-corrected chi connectivity index (χ0v) is 32.1. The van der Waals surface area contributed by atoms with Crippen molar-refractivity contribution >= 4 is 39.6 Å². The van der Waals surface area contributed by atoms with E-state index in [2.05, 4.69) is 220 Å². The van der Waals surface area contributed by atoms with Crippen molar-refractivity contribution in [3.05, 3.63) is 210 Å². The van der Waals surface area contributed by atoms with Crippen molar-refractivity contribution in [2.75, 3.05) is 9.80 Å². The molecule has 268 valence electrons. The fourth-order valence-electron chi connectivity index (χ4n) is 9.78. The molecule has 3 aliphatic carbocycles. The molecule has 2 nitrogen and oxygen atoms in total. The minimum atomic E-state index is -0.168. The highest BCUT2D eigenvalue weighted by molar-refractivity contribution is 5.88. The SMILES string of the molecule is CC1C=CC2=C(C1)c1ccc(N(c3ccc(C4=CC5(C)c6ccccc6N(c6ccccc6)C5C=C4)cc3)c3ccc(-c4ccccc4)cc3)cc1C2(C)C. The van der Waals surface area contributed by atoms with E-state index in [0.717, 1.165) is 17.8 Å². The fraction of sp³-hybridized carbons (Fsp3) is 0.170. The highest BCUT2D eigenvalue weighted by Gasteiger charge is 2.47. The van der Waals surface area contributed by atoms with E-state index >= 15 is 0 Å². The van der Waals surface area contributed by atoms with Gasteiger partial charge in [-0.1, -0.05) is 148 Å². The summed E-state index contributed by atoms with van der Waals surface area (Å²) in [6.07, 6.45) is 13.1. The Bertz CT molecular complexity index is 2550. The molecular formula is C53H46N2. The molecule has 4 aliphatic rings. The van der Waals surface area contributed by atoms with Gasteiger partial charge >= 0.3 is 0 Å². The zero-order valence-electron chi connectivity index (χ0n) is 32.1. The minimum absolute atomic E-state index is 0.0489. The van der Waals surface area contributed by atoms with Gasteiger partial charge < -0.3 is 9.80 Å². The lowest BCUT2D eigenvalue weighted by Gasteiger charge is -2.36. The van der Waals surface area contributed by atoms with Crippen LogP contribution in [0.2, 0.25) is 0 Å². The van der Waals surface area contributed by atoms with Gasteiger partial charge in [-0.05, 0) is 124 Å². The quantitative estimate of drug-likeness (QED) is 0.170. The van der Waals surface area contributed by atoms with E-state index in [1.807, 2.05) is 0 Å². The van der Waals surface area contributed by atoms with E-state index in [9.17, 15) is 0 Å². The molecule has 0 bridgehead atoms. The predicted octanol–water partition coefficient (Wildman–Crippen LogP) is 13.9. The summed E-state index contributed by atoms with van der Waals surface area (Å²) in [4.78, 5) is 4.93. The number of anilines is 5. The highest BCUT2D eigenvalue weighted by atomic mass is 15.2. The van der Waals surface area contributed by atoms with Crippen molar-refractivity contribution in [3.8, 4) is 11.1 Å². The van der Waals surface area contributed by atoms with Crippen LogP contribution in [-0.4, -0.2) is 6.04 Å². The van der Waals surface area contributed by atoms with Crippen molar-refractivity contribution < 1.29 is 0 Å². The molecule has 0 aromatic heterocycles. The first kappa shape index (κ1) is 33.4. The molecule has 3 unspecified atom stereocenters. The Labute approximate surface area is 326 Å². The van der Waals surface area contributed by atoms with Crippen LogP contribution in [0.25, 0.3) is 22.3 Å². The standard InChI is InChI=1S/C53H46N2/c1-36-19-31-47-46(33-36)45-30-29-44(34-49(45)52(47,2)3)54(42-25-20-38(21-26-42)37-13-7-5-8-14-37)43-27-22-39(23-28-43)40-24-32-51-53(4,35-40)48-17-11-12-18-50(48)55(51)41-15-9-6-10-16-41/h5-32,34-36,51H,33H2,1-4H3. The van der Waals surface area contributed by atoms with E-state index < -0.39 is 0 Å². The van der Waals surface area contributed by atoms with Gasteiger partial charge in [0.1, 0.15) is 0 Å². The number of fused-ring (bicyclic) bond motifs is 5. The van der Waals surface area contributed by atoms with Gasteiger partial charge in [0.2, 0.25) is 0 Å². The van der Waals surface area contributed by atoms with E-state index in [0.29, 0.717) is 5.92 Å². The van der Waals surface area contributed by atoms with Gasteiger partial charge in [-0.2, -0.15) is 0 Å². The normalized spacial score (nSPS) is 21.5. The highest BCUT2D eigenvalue weighted by Crippen LogP contribution is 2.54. The molecule has 1 aliphatic heterocycles. The fourth-order valence-corrected chi connectivity index (χ4v) is 9.78. The first-order valence-corrected chi connectivity index (χ1v) is 19.8. The van der Waals surface area contributed by atoms with Gasteiger partial charge in [0, 0.05) is 39.3 Å². The van der Waals surface area contributed by atoms with Gasteiger partial charge in [0.15, 0.2) is 0 Å². The van der Waals surface area contributed by atoms with Crippen LogP contribution in [0.4, 0.5) is 28.4 Å². The molecular weight excluding hydrogens is 665 g/mol. The Morgan fingerprint density at radius 3 is 1.93 bits per heavy atom. The smallest absolute Gasteiger partial charge is 0.0655 e. The minimum Gasteiger partial charge on any atom is -0.333 e. The van der Waals surface area contributed by atoms with Crippen LogP contribution in [0, 0.1) is 5.92 Å². The molecule has 0 N–H and O–H groups in total. The number of para-hydroxylation sites is 2. The second-order valence-corrected chi connectivity index (χ2v) is 16.5. The first-order valence-electron chi connectivity index (χ1n) is 19.8. The summed E-state index contributed by atoms with van der Waals surface area (Å²) in [7, 11) is 0. The zero-order chi connectivity index (χ0) is 37.3.